The van der Waals surface area contributed by atoms with Crippen LogP contribution in [0.5, 0.6) is 0 Å². The number of nitrogens with zero attached hydrogens (tertiary/aromatic N) is 2. The highest BCUT2D eigenvalue weighted by molar-refractivity contribution is 14.0. The first-order valence-electron chi connectivity index (χ1n) is 6.98. The van der Waals surface area contributed by atoms with Gasteiger partial charge in [-0.15, -0.1) is 24.0 Å². The second kappa shape index (κ2) is 10.1. The van der Waals surface area contributed by atoms with Crippen molar-refractivity contribution in [3.8, 4) is 0 Å². The van der Waals surface area contributed by atoms with E-state index >= 15 is 0 Å². The molecule has 2 aromatic rings. The molecular weight excluding hydrogens is 413 g/mol. The van der Waals surface area contributed by atoms with E-state index in [2.05, 4.69) is 20.6 Å². The molecule has 0 aliphatic carbocycles. The molecule has 1 aromatic carbocycles. The van der Waals surface area contributed by atoms with Crippen molar-refractivity contribution in [2.45, 2.75) is 13.0 Å². The number of nitrogens with one attached hydrogen (secondary N) is 2. The molecule has 2 N–H and O–H groups in total. The molecule has 0 unspecified atom stereocenters. The molecule has 0 saturated heterocycles. The average molecular weight is 432 g/mol. The van der Waals surface area contributed by atoms with Crippen molar-refractivity contribution in [2.24, 2.45) is 4.99 Å². The molecule has 0 radical (unpaired) electrons. The second-order valence-corrected chi connectivity index (χ2v) is 4.62. The summed E-state index contributed by atoms with van der Waals surface area (Å²) in [5.41, 5.74) is 0.959. The van der Waals surface area contributed by atoms with E-state index in [4.69, 9.17) is 0 Å². The lowest BCUT2D eigenvalue weighted by Gasteiger charge is -2.12. The highest BCUT2D eigenvalue weighted by Crippen LogP contribution is 2.11. The normalized spacial score (nSPS) is 10.8. The SMILES string of the molecule is CN=C(NCCc1c(F)cccc1F)NCc1ccccn1.I. The van der Waals surface area contributed by atoms with E-state index < -0.39 is 11.6 Å². The molecule has 0 aliphatic heterocycles. The summed E-state index contributed by atoms with van der Waals surface area (Å²) in [5.74, 6) is -0.501. The average Bonchev–Trinajstić information content (AvgIpc) is 2.54. The molecule has 7 heteroatoms. The number of rotatable bonds is 5. The third-order valence-corrected chi connectivity index (χ3v) is 3.12. The fraction of sp³-hybridized carbons (Fsp3) is 0.250. The van der Waals surface area contributed by atoms with Crippen molar-refractivity contribution < 1.29 is 8.78 Å². The number of pyridine rings is 1. The molecule has 4 nitrogen and oxygen atoms in total. The van der Waals surface area contributed by atoms with Crippen LogP contribution in [-0.2, 0) is 13.0 Å². The Hall–Kier alpha value is -1.77. The van der Waals surface area contributed by atoms with Crippen LogP contribution >= 0.6 is 24.0 Å². The van der Waals surface area contributed by atoms with Crippen LogP contribution in [0.2, 0.25) is 0 Å². The van der Waals surface area contributed by atoms with Crippen molar-refractivity contribution in [3.05, 3.63) is 65.5 Å². The lowest BCUT2D eigenvalue weighted by Crippen LogP contribution is -2.38. The highest BCUT2D eigenvalue weighted by atomic mass is 127. The molecule has 0 saturated carbocycles. The first-order valence-corrected chi connectivity index (χ1v) is 6.98. The summed E-state index contributed by atoms with van der Waals surface area (Å²) < 4.78 is 27.0. The lowest BCUT2D eigenvalue weighted by molar-refractivity contribution is 0.553. The molecule has 0 aliphatic rings. The number of aromatic nitrogens is 1. The zero-order valence-corrected chi connectivity index (χ0v) is 15.1. The fourth-order valence-corrected chi connectivity index (χ4v) is 1.97. The van der Waals surface area contributed by atoms with Gasteiger partial charge in [0.1, 0.15) is 11.6 Å². The smallest absolute Gasteiger partial charge is 0.191 e. The topological polar surface area (TPSA) is 49.3 Å². The van der Waals surface area contributed by atoms with Gasteiger partial charge in [-0.1, -0.05) is 12.1 Å². The van der Waals surface area contributed by atoms with Gasteiger partial charge in [-0.2, -0.15) is 0 Å². The van der Waals surface area contributed by atoms with Gasteiger partial charge in [-0.3, -0.25) is 9.98 Å². The quantitative estimate of drug-likeness (QED) is 0.434. The molecule has 124 valence electrons. The van der Waals surface area contributed by atoms with E-state index in [1.54, 1.807) is 13.2 Å². The number of benzene rings is 1. The standard InChI is InChI=1S/C16H18F2N4.HI/c1-19-16(22-11-12-5-2-3-9-20-12)21-10-8-13-14(17)6-4-7-15(13)18;/h2-7,9H,8,10-11H2,1H3,(H2,19,21,22);1H. The molecule has 0 spiro atoms. The molecule has 0 fully saturated rings. The molecule has 23 heavy (non-hydrogen) atoms. The molecule has 1 aromatic heterocycles. The molecule has 0 amide bonds. The van der Waals surface area contributed by atoms with Gasteiger partial charge in [-0.05, 0) is 30.7 Å². The minimum absolute atomic E-state index is 0. The Morgan fingerprint density at radius 1 is 1.09 bits per heavy atom. The van der Waals surface area contributed by atoms with E-state index in [-0.39, 0.29) is 36.0 Å². The number of hydrogen-bond donors (Lipinski definition) is 2. The summed E-state index contributed by atoms with van der Waals surface area (Å²) in [7, 11) is 1.64. The number of halogens is 3. The van der Waals surface area contributed by atoms with Crippen LogP contribution in [0.25, 0.3) is 0 Å². The Morgan fingerprint density at radius 3 is 2.43 bits per heavy atom. The predicted molar refractivity (Wildman–Crippen MR) is 97.9 cm³/mol. The number of guanidine groups is 1. The van der Waals surface area contributed by atoms with Crippen LogP contribution < -0.4 is 10.6 Å². The number of aliphatic imine (C=N–C) groups is 1. The maximum atomic E-state index is 13.5. The Balaban J connectivity index is 0.00000264. The maximum Gasteiger partial charge on any atom is 0.191 e. The summed E-state index contributed by atoms with van der Waals surface area (Å²) in [6.07, 6.45) is 1.96. The molecular formula is C16H19F2IN4. The van der Waals surface area contributed by atoms with Crippen LogP contribution in [-0.4, -0.2) is 24.5 Å². The summed E-state index contributed by atoms with van der Waals surface area (Å²) >= 11 is 0. The Bertz CT molecular complexity index is 615. The van der Waals surface area contributed by atoms with E-state index in [0.29, 0.717) is 19.0 Å². The van der Waals surface area contributed by atoms with Gasteiger partial charge in [0.25, 0.3) is 0 Å². The van der Waals surface area contributed by atoms with E-state index in [9.17, 15) is 8.78 Å². The summed E-state index contributed by atoms with van der Waals surface area (Å²) in [4.78, 5) is 8.25. The van der Waals surface area contributed by atoms with Crippen LogP contribution in [0, 0.1) is 11.6 Å². The van der Waals surface area contributed by atoms with Crippen LogP contribution in [0.15, 0.2) is 47.6 Å². The van der Waals surface area contributed by atoms with Crippen molar-refractivity contribution in [1.82, 2.24) is 15.6 Å². The van der Waals surface area contributed by atoms with Gasteiger partial charge in [-0.25, -0.2) is 8.78 Å². The van der Waals surface area contributed by atoms with Crippen LogP contribution in [0.4, 0.5) is 8.78 Å². The van der Waals surface area contributed by atoms with Gasteiger partial charge in [0.15, 0.2) is 5.96 Å². The molecule has 1 heterocycles. The Morgan fingerprint density at radius 2 is 1.83 bits per heavy atom. The van der Waals surface area contributed by atoms with Gasteiger partial charge in [0.05, 0.1) is 12.2 Å². The first-order chi connectivity index (χ1) is 10.7. The fourth-order valence-electron chi connectivity index (χ4n) is 1.97. The minimum atomic E-state index is -0.529. The molecule has 0 atom stereocenters. The lowest BCUT2D eigenvalue weighted by atomic mass is 10.1. The zero-order valence-electron chi connectivity index (χ0n) is 12.7. The summed E-state index contributed by atoms with van der Waals surface area (Å²) in [5, 5.41) is 6.11. The van der Waals surface area contributed by atoms with Crippen molar-refractivity contribution in [1.29, 1.82) is 0 Å². The minimum Gasteiger partial charge on any atom is -0.356 e. The van der Waals surface area contributed by atoms with Gasteiger partial charge < -0.3 is 10.6 Å². The predicted octanol–water partition coefficient (Wildman–Crippen LogP) is 2.89. The van der Waals surface area contributed by atoms with Crippen molar-refractivity contribution >= 4 is 29.9 Å². The van der Waals surface area contributed by atoms with Crippen LogP contribution in [0.1, 0.15) is 11.3 Å². The van der Waals surface area contributed by atoms with Crippen LogP contribution in [0.3, 0.4) is 0 Å². The monoisotopic (exact) mass is 432 g/mol. The third kappa shape index (κ3) is 6.09. The largest absolute Gasteiger partial charge is 0.356 e. The van der Waals surface area contributed by atoms with Gasteiger partial charge in [0.2, 0.25) is 0 Å². The first kappa shape index (κ1) is 19.3. The van der Waals surface area contributed by atoms with E-state index in [0.717, 1.165) is 5.69 Å². The number of hydrogen-bond acceptors (Lipinski definition) is 2. The second-order valence-electron chi connectivity index (χ2n) is 4.62. The molecule has 0 bridgehead atoms. The van der Waals surface area contributed by atoms with E-state index in [1.807, 2.05) is 18.2 Å². The summed E-state index contributed by atoms with van der Waals surface area (Å²) in [6.45, 7) is 0.897. The van der Waals surface area contributed by atoms with Gasteiger partial charge in [0, 0.05) is 25.4 Å². The zero-order chi connectivity index (χ0) is 15.8. The van der Waals surface area contributed by atoms with Gasteiger partial charge >= 0.3 is 0 Å². The highest BCUT2D eigenvalue weighted by Gasteiger charge is 2.08. The van der Waals surface area contributed by atoms with E-state index in [1.165, 1.54) is 18.2 Å². The Kier molecular flexibility index (Phi) is 8.46. The van der Waals surface area contributed by atoms with Crippen molar-refractivity contribution in [2.75, 3.05) is 13.6 Å². The summed E-state index contributed by atoms with van der Waals surface area (Å²) in [6, 6.07) is 9.52. The van der Waals surface area contributed by atoms with Crippen molar-refractivity contribution in [3.63, 3.8) is 0 Å². The Labute approximate surface area is 151 Å². The third-order valence-electron chi connectivity index (χ3n) is 3.12. The molecule has 2 rings (SSSR count). The maximum absolute atomic E-state index is 13.5.